The molecule has 1 amide bonds. The van der Waals surface area contributed by atoms with Crippen molar-refractivity contribution in [3.05, 3.63) is 172 Å². The van der Waals surface area contributed by atoms with Gasteiger partial charge < -0.3 is 28.3 Å². The van der Waals surface area contributed by atoms with Gasteiger partial charge in [-0.25, -0.2) is 0 Å². The zero-order valence-corrected chi connectivity index (χ0v) is 30.4. The van der Waals surface area contributed by atoms with Crippen LogP contribution in [0.25, 0.3) is 55.7 Å². The Hall–Kier alpha value is -7.04. The molecule has 55 heavy (non-hydrogen) atoms. The van der Waals surface area contributed by atoms with Gasteiger partial charge >= 0.3 is 0 Å². The second-order valence-electron chi connectivity index (χ2n) is 12.5. The van der Waals surface area contributed by atoms with Crippen LogP contribution in [-0.4, -0.2) is 20.1 Å². The third-order valence-electron chi connectivity index (χ3n) is 9.04. The van der Waals surface area contributed by atoms with Crippen LogP contribution in [0.4, 0.5) is 11.4 Å². The number of methoxy groups -OCH3 is 2. The molecule has 8 rings (SSSR count). The number of carbonyl (C=O) groups is 1. The molecule has 0 radical (unpaired) electrons. The lowest BCUT2D eigenvalue weighted by atomic mass is 10.0. The number of fused-ring (bicyclic) bond motifs is 2. The van der Waals surface area contributed by atoms with Gasteiger partial charge in [0.15, 0.2) is 33.5 Å². The molecule has 2 N–H and O–H groups in total. The van der Waals surface area contributed by atoms with Crippen LogP contribution >= 0.6 is 11.9 Å². The number of nitrogens with one attached hydrogen (secondary N) is 2. The van der Waals surface area contributed by atoms with Crippen molar-refractivity contribution < 1.29 is 23.1 Å². The van der Waals surface area contributed by atoms with E-state index in [9.17, 15) is 14.4 Å². The van der Waals surface area contributed by atoms with Crippen molar-refractivity contribution in [2.75, 3.05) is 24.3 Å². The van der Waals surface area contributed by atoms with E-state index >= 15 is 0 Å². The summed E-state index contributed by atoms with van der Waals surface area (Å²) in [4.78, 5) is 41.1. The highest BCUT2D eigenvalue weighted by Gasteiger charge is 2.21. The summed E-state index contributed by atoms with van der Waals surface area (Å²) in [6.07, 6.45) is 0. The largest absolute Gasteiger partial charge is 0.492 e. The Morgan fingerprint density at radius 3 is 1.82 bits per heavy atom. The molecular weight excluding hydrogens is 713 g/mol. The van der Waals surface area contributed by atoms with Crippen LogP contribution in [0.15, 0.2) is 169 Å². The fourth-order valence-electron chi connectivity index (χ4n) is 6.37. The van der Waals surface area contributed by atoms with Gasteiger partial charge in [0, 0.05) is 33.8 Å². The number of hydrogen-bond acceptors (Lipinski definition) is 9. The smallest absolute Gasteiger partial charge is 0.259 e. The molecule has 0 fully saturated rings. The molecule has 0 unspecified atom stereocenters. The lowest BCUT2D eigenvalue weighted by Crippen LogP contribution is -2.14. The van der Waals surface area contributed by atoms with Gasteiger partial charge in [-0.2, -0.15) is 0 Å². The highest BCUT2D eigenvalue weighted by molar-refractivity contribution is 8.00. The zero-order valence-electron chi connectivity index (χ0n) is 29.6. The van der Waals surface area contributed by atoms with E-state index in [0.717, 1.165) is 21.6 Å². The normalized spacial score (nSPS) is 11.0. The third-order valence-corrected chi connectivity index (χ3v) is 9.87. The van der Waals surface area contributed by atoms with Crippen molar-refractivity contribution in [2.24, 2.45) is 0 Å². The van der Waals surface area contributed by atoms with Crippen molar-refractivity contribution in [1.82, 2.24) is 0 Å². The first-order chi connectivity index (χ1) is 26.9. The van der Waals surface area contributed by atoms with E-state index in [0.29, 0.717) is 50.6 Å². The highest BCUT2D eigenvalue weighted by Crippen LogP contribution is 2.38. The maximum atomic E-state index is 13.7. The summed E-state index contributed by atoms with van der Waals surface area (Å²) in [5.41, 5.74) is 4.52. The SMILES string of the molecule is COc1c(NSc2ccccc2)ccc2c(=O)cc(-c3cccc(-c4cccc(NC(=O)c5ccc6c(=O)cc(-c7ccccc7)oc6c5OC)c4)c3)oc12. The Balaban J connectivity index is 1.08. The lowest BCUT2D eigenvalue weighted by molar-refractivity contribution is 0.102. The molecule has 10 heteroatoms. The van der Waals surface area contributed by atoms with Gasteiger partial charge in [0.2, 0.25) is 0 Å². The fourth-order valence-corrected chi connectivity index (χ4v) is 7.05. The summed E-state index contributed by atoms with van der Waals surface area (Å²) in [5.74, 6) is 0.868. The predicted octanol–water partition coefficient (Wildman–Crippen LogP) is 10.3. The molecule has 0 bridgehead atoms. The third kappa shape index (κ3) is 7.06. The average molecular weight is 745 g/mol. The van der Waals surface area contributed by atoms with Gasteiger partial charge in [-0.15, -0.1) is 0 Å². The maximum absolute atomic E-state index is 13.7. The molecule has 2 heterocycles. The Labute approximate surface area is 319 Å². The van der Waals surface area contributed by atoms with Crippen LogP contribution in [-0.2, 0) is 0 Å². The summed E-state index contributed by atoms with van der Waals surface area (Å²) in [6, 6.07) is 43.7. The second kappa shape index (κ2) is 15.1. The number of anilines is 2. The Morgan fingerprint density at radius 2 is 1.13 bits per heavy atom. The van der Waals surface area contributed by atoms with Crippen molar-refractivity contribution in [3.8, 4) is 45.3 Å². The van der Waals surface area contributed by atoms with Gasteiger partial charge in [0.05, 0.1) is 36.2 Å². The van der Waals surface area contributed by atoms with E-state index in [1.165, 1.54) is 31.2 Å². The Kier molecular flexibility index (Phi) is 9.63. The number of benzene rings is 6. The minimum absolute atomic E-state index is 0.153. The summed E-state index contributed by atoms with van der Waals surface area (Å²) >= 11 is 1.42. The first kappa shape index (κ1) is 35.0. The molecule has 2 aromatic heterocycles. The topological polar surface area (TPSA) is 120 Å². The Bertz CT molecular complexity index is 2840. The molecule has 8 aromatic rings. The number of ether oxygens (including phenoxy) is 2. The Morgan fingerprint density at radius 1 is 0.564 bits per heavy atom. The van der Waals surface area contributed by atoms with Gasteiger partial charge in [-0.1, -0.05) is 78.9 Å². The van der Waals surface area contributed by atoms with E-state index < -0.39 is 5.91 Å². The van der Waals surface area contributed by atoms with Crippen molar-refractivity contribution in [3.63, 3.8) is 0 Å². The second-order valence-corrected chi connectivity index (χ2v) is 13.4. The lowest BCUT2D eigenvalue weighted by Gasteiger charge is -2.14. The van der Waals surface area contributed by atoms with Crippen molar-refractivity contribution >= 4 is 51.2 Å². The summed E-state index contributed by atoms with van der Waals surface area (Å²) < 4.78 is 27.3. The molecule has 6 aromatic carbocycles. The maximum Gasteiger partial charge on any atom is 0.259 e. The summed E-state index contributed by atoms with van der Waals surface area (Å²) in [7, 11) is 2.98. The van der Waals surface area contributed by atoms with Crippen LogP contribution in [0.3, 0.4) is 0 Å². The van der Waals surface area contributed by atoms with E-state index in [1.54, 1.807) is 37.4 Å². The van der Waals surface area contributed by atoms with Gasteiger partial charge in [0.25, 0.3) is 5.91 Å². The molecule has 270 valence electrons. The van der Waals surface area contributed by atoms with Crippen molar-refractivity contribution in [2.45, 2.75) is 4.90 Å². The molecule has 0 spiro atoms. The van der Waals surface area contributed by atoms with Crippen molar-refractivity contribution in [1.29, 1.82) is 0 Å². The molecule has 0 atom stereocenters. The van der Waals surface area contributed by atoms with Crippen LogP contribution < -0.4 is 30.4 Å². The zero-order chi connectivity index (χ0) is 37.9. The summed E-state index contributed by atoms with van der Waals surface area (Å²) in [5, 5.41) is 3.66. The quantitative estimate of drug-likeness (QED) is 0.132. The van der Waals surface area contributed by atoms with E-state index in [1.807, 2.05) is 103 Å². The van der Waals surface area contributed by atoms with Crippen LogP contribution in [0.1, 0.15) is 10.4 Å². The molecule has 0 saturated heterocycles. The molecule has 0 aliphatic rings. The van der Waals surface area contributed by atoms with E-state index in [2.05, 4.69) is 10.0 Å². The first-order valence-electron chi connectivity index (χ1n) is 17.3. The van der Waals surface area contributed by atoms with Gasteiger partial charge in [-0.05, 0) is 77.7 Å². The number of rotatable bonds is 10. The minimum atomic E-state index is -0.444. The van der Waals surface area contributed by atoms with Gasteiger partial charge in [0.1, 0.15) is 11.5 Å². The highest BCUT2D eigenvalue weighted by atomic mass is 32.2. The fraction of sp³-hybridized carbons (Fsp3) is 0.0444. The van der Waals surface area contributed by atoms with E-state index in [-0.39, 0.29) is 27.8 Å². The monoisotopic (exact) mass is 744 g/mol. The number of amides is 1. The molecule has 9 nitrogen and oxygen atoms in total. The first-order valence-corrected chi connectivity index (χ1v) is 18.1. The van der Waals surface area contributed by atoms with Crippen LogP contribution in [0, 0.1) is 0 Å². The molecule has 0 saturated carbocycles. The van der Waals surface area contributed by atoms with Crippen LogP contribution in [0.5, 0.6) is 11.5 Å². The summed E-state index contributed by atoms with van der Waals surface area (Å²) in [6.45, 7) is 0. The molecular formula is C45H32N2O7S. The predicted molar refractivity (Wildman–Crippen MR) is 218 cm³/mol. The standard InChI is InChI=1S/C45H32N2O7S/c1-51-41-35(20-19-33-37(48)25-39(53-42(33)41)27-11-5-3-6-12-27)45(50)46-31-16-10-14-29(24-31)28-13-9-15-30(23-28)40-26-38(49)34-21-22-36(44(52-2)43(34)54-40)47-55-32-17-7-4-8-18-32/h3-26,47H,1-2H3,(H,46,50). The van der Waals surface area contributed by atoms with Crippen LogP contribution in [0.2, 0.25) is 0 Å². The van der Waals surface area contributed by atoms with Gasteiger partial charge in [-0.3, -0.25) is 14.4 Å². The minimum Gasteiger partial charge on any atom is -0.492 e. The van der Waals surface area contributed by atoms with E-state index in [4.69, 9.17) is 18.3 Å². The molecule has 0 aliphatic carbocycles. The average Bonchev–Trinajstić information content (AvgIpc) is 3.23. The number of hydrogen-bond donors (Lipinski definition) is 2. The number of carbonyl (C=O) groups excluding carboxylic acids is 1. The molecule has 0 aliphatic heterocycles.